The second-order valence-electron chi connectivity index (χ2n) is 5.03. The summed E-state index contributed by atoms with van der Waals surface area (Å²) in [6.45, 7) is 2.29. The monoisotopic (exact) mass is 280 g/mol. The van der Waals surface area contributed by atoms with E-state index in [9.17, 15) is 0 Å². The van der Waals surface area contributed by atoms with Crippen molar-refractivity contribution in [2.45, 2.75) is 50.9 Å². The number of aryl methyl sites for hydroxylation is 1. The molecule has 1 unspecified atom stereocenters. The van der Waals surface area contributed by atoms with Gasteiger partial charge in [-0.2, -0.15) is 0 Å². The third-order valence-electron chi connectivity index (χ3n) is 3.95. The Balaban J connectivity index is 2.33. The second-order valence-corrected chi connectivity index (χ2v) is 5.59. The summed E-state index contributed by atoms with van der Waals surface area (Å²) in [5.74, 6) is 0. The van der Waals surface area contributed by atoms with E-state index < -0.39 is 0 Å². The number of halogens is 1. The van der Waals surface area contributed by atoms with Gasteiger partial charge in [-0.15, -0.1) is 0 Å². The number of hydrogen-bond acceptors (Lipinski definition) is 0. The number of rotatable bonds is 4. The third kappa shape index (κ3) is 2.20. The fraction of sp³-hybridized carbons (Fsp3) is 0.600. The summed E-state index contributed by atoms with van der Waals surface area (Å²) in [7, 11) is 0. The predicted molar refractivity (Wildman–Crippen MR) is 74.4 cm³/mol. The molecule has 0 aliphatic heterocycles. The SMILES string of the molecule is CCCCC1(CBr)CCCc2ccccc21. The molecular formula is C15H21Br. The van der Waals surface area contributed by atoms with Gasteiger partial charge in [-0.25, -0.2) is 0 Å². The highest BCUT2D eigenvalue weighted by atomic mass is 79.9. The van der Waals surface area contributed by atoms with Gasteiger partial charge in [-0.1, -0.05) is 60.0 Å². The highest BCUT2D eigenvalue weighted by Gasteiger charge is 2.34. The molecule has 1 aliphatic rings. The predicted octanol–water partition coefficient (Wildman–Crippen LogP) is 4.85. The zero-order chi connectivity index (χ0) is 11.4. The minimum absolute atomic E-state index is 0.421. The van der Waals surface area contributed by atoms with Crippen molar-refractivity contribution in [3.8, 4) is 0 Å². The molecule has 0 bridgehead atoms. The minimum atomic E-state index is 0.421. The molecule has 2 rings (SSSR count). The first-order chi connectivity index (χ1) is 7.82. The summed E-state index contributed by atoms with van der Waals surface area (Å²) >= 11 is 3.77. The van der Waals surface area contributed by atoms with Gasteiger partial charge in [0.05, 0.1) is 0 Å². The summed E-state index contributed by atoms with van der Waals surface area (Å²) in [6, 6.07) is 9.06. The Kier molecular flexibility index (Phi) is 4.07. The molecule has 1 aromatic rings. The number of hydrogen-bond donors (Lipinski definition) is 0. The van der Waals surface area contributed by atoms with E-state index in [-0.39, 0.29) is 0 Å². The third-order valence-corrected chi connectivity index (χ3v) is 5.03. The Morgan fingerprint density at radius 3 is 2.88 bits per heavy atom. The van der Waals surface area contributed by atoms with E-state index in [1.807, 2.05) is 0 Å². The maximum atomic E-state index is 3.77. The molecule has 1 aromatic carbocycles. The largest absolute Gasteiger partial charge is 0.0918 e. The Hall–Kier alpha value is -0.300. The van der Waals surface area contributed by atoms with Crippen LogP contribution in [0.25, 0.3) is 0 Å². The van der Waals surface area contributed by atoms with E-state index in [1.165, 1.54) is 38.5 Å². The fourth-order valence-corrected chi connectivity index (χ4v) is 3.85. The van der Waals surface area contributed by atoms with Crippen LogP contribution in [-0.2, 0) is 11.8 Å². The van der Waals surface area contributed by atoms with Crippen LogP contribution < -0.4 is 0 Å². The van der Waals surface area contributed by atoms with Gasteiger partial charge >= 0.3 is 0 Å². The van der Waals surface area contributed by atoms with Crippen LogP contribution in [0, 0.1) is 0 Å². The number of unbranched alkanes of at least 4 members (excludes halogenated alkanes) is 1. The quantitative estimate of drug-likeness (QED) is 0.692. The zero-order valence-electron chi connectivity index (χ0n) is 10.1. The lowest BCUT2D eigenvalue weighted by Crippen LogP contribution is -2.32. The van der Waals surface area contributed by atoms with Crippen LogP contribution in [0.15, 0.2) is 24.3 Å². The van der Waals surface area contributed by atoms with E-state index in [4.69, 9.17) is 0 Å². The summed E-state index contributed by atoms with van der Waals surface area (Å²) in [4.78, 5) is 0. The fourth-order valence-electron chi connectivity index (χ4n) is 2.99. The topological polar surface area (TPSA) is 0 Å². The molecule has 0 saturated heterocycles. The molecule has 0 fully saturated rings. The molecule has 0 N–H and O–H groups in total. The van der Waals surface area contributed by atoms with E-state index in [0.717, 1.165) is 5.33 Å². The van der Waals surface area contributed by atoms with E-state index in [2.05, 4.69) is 47.1 Å². The van der Waals surface area contributed by atoms with E-state index in [1.54, 1.807) is 11.1 Å². The van der Waals surface area contributed by atoms with Crippen molar-refractivity contribution in [1.29, 1.82) is 0 Å². The zero-order valence-corrected chi connectivity index (χ0v) is 11.7. The van der Waals surface area contributed by atoms with Gasteiger partial charge in [0.25, 0.3) is 0 Å². The first kappa shape index (κ1) is 12.2. The Morgan fingerprint density at radius 1 is 1.31 bits per heavy atom. The summed E-state index contributed by atoms with van der Waals surface area (Å²) in [5, 5.41) is 1.12. The van der Waals surface area contributed by atoms with Crippen molar-refractivity contribution in [2.24, 2.45) is 0 Å². The standard InChI is InChI=1S/C15H21Br/c1-2-3-10-15(12-16)11-6-8-13-7-4-5-9-14(13)15/h4-5,7,9H,2-3,6,8,10-12H2,1H3. The van der Waals surface area contributed by atoms with Crippen LogP contribution in [0.3, 0.4) is 0 Å². The van der Waals surface area contributed by atoms with Gasteiger partial charge in [0.1, 0.15) is 0 Å². The molecular weight excluding hydrogens is 260 g/mol. The molecule has 0 spiro atoms. The van der Waals surface area contributed by atoms with Gasteiger partial charge in [0.15, 0.2) is 0 Å². The Bertz CT molecular complexity index is 345. The lowest BCUT2D eigenvalue weighted by Gasteiger charge is -2.38. The van der Waals surface area contributed by atoms with Crippen molar-refractivity contribution >= 4 is 15.9 Å². The Labute approximate surface area is 108 Å². The van der Waals surface area contributed by atoms with Gasteiger partial charge in [-0.05, 0) is 36.8 Å². The summed E-state index contributed by atoms with van der Waals surface area (Å²) in [6.07, 6.45) is 7.97. The van der Waals surface area contributed by atoms with Crippen LogP contribution in [0.1, 0.15) is 50.2 Å². The van der Waals surface area contributed by atoms with Crippen molar-refractivity contribution < 1.29 is 0 Å². The molecule has 0 heterocycles. The molecule has 1 heteroatoms. The number of fused-ring (bicyclic) bond motifs is 1. The molecule has 1 aliphatic carbocycles. The average Bonchev–Trinajstić information content (AvgIpc) is 2.36. The van der Waals surface area contributed by atoms with E-state index in [0.29, 0.717) is 5.41 Å². The molecule has 16 heavy (non-hydrogen) atoms. The van der Waals surface area contributed by atoms with Crippen molar-refractivity contribution in [1.82, 2.24) is 0 Å². The molecule has 0 saturated carbocycles. The molecule has 0 amide bonds. The molecule has 88 valence electrons. The number of alkyl halides is 1. The van der Waals surface area contributed by atoms with Gasteiger partial charge in [-0.3, -0.25) is 0 Å². The molecule has 0 nitrogen and oxygen atoms in total. The lowest BCUT2D eigenvalue weighted by atomic mass is 9.69. The average molecular weight is 281 g/mol. The first-order valence-corrected chi connectivity index (χ1v) is 7.59. The van der Waals surface area contributed by atoms with Crippen LogP contribution in [0.4, 0.5) is 0 Å². The molecule has 1 atom stereocenters. The highest BCUT2D eigenvalue weighted by Crippen LogP contribution is 2.42. The maximum Gasteiger partial charge on any atom is 0.0129 e. The van der Waals surface area contributed by atoms with Crippen LogP contribution >= 0.6 is 15.9 Å². The van der Waals surface area contributed by atoms with Crippen LogP contribution in [0.5, 0.6) is 0 Å². The van der Waals surface area contributed by atoms with Crippen molar-refractivity contribution in [3.05, 3.63) is 35.4 Å². The van der Waals surface area contributed by atoms with E-state index >= 15 is 0 Å². The molecule has 0 radical (unpaired) electrons. The maximum absolute atomic E-state index is 3.77. The Morgan fingerprint density at radius 2 is 2.12 bits per heavy atom. The van der Waals surface area contributed by atoms with Crippen molar-refractivity contribution in [3.63, 3.8) is 0 Å². The molecule has 0 aromatic heterocycles. The number of benzene rings is 1. The highest BCUT2D eigenvalue weighted by molar-refractivity contribution is 9.09. The lowest BCUT2D eigenvalue weighted by molar-refractivity contribution is 0.365. The second kappa shape index (κ2) is 5.35. The van der Waals surface area contributed by atoms with Gasteiger partial charge in [0, 0.05) is 10.7 Å². The summed E-state index contributed by atoms with van der Waals surface area (Å²) < 4.78 is 0. The van der Waals surface area contributed by atoms with Crippen LogP contribution in [0.2, 0.25) is 0 Å². The van der Waals surface area contributed by atoms with Crippen molar-refractivity contribution in [2.75, 3.05) is 5.33 Å². The minimum Gasteiger partial charge on any atom is -0.0918 e. The summed E-state index contributed by atoms with van der Waals surface area (Å²) in [5.41, 5.74) is 3.63. The van der Waals surface area contributed by atoms with Gasteiger partial charge in [0.2, 0.25) is 0 Å². The first-order valence-electron chi connectivity index (χ1n) is 6.47. The van der Waals surface area contributed by atoms with Crippen LogP contribution in [-0.4, -0.2) is 5.33 Å². The van der Waals surface area contributed by atoms with Gasteiger partial charge < -0.3 is 0 Å². The smallest absolute Gasteiger partial charge is 0.0129 e. The normalized spacial score (nSPS) is 24.1.